The highest BCUT2D eigenvalue weighted by molar-refractivity contribution is 7.89. The first kappa shape index (κ1) is 20.7. The molecule has 2 atom stereocenters. The lowest BCUT2D eigenvalue weighted by atomic mass is 9.71. The number of sulfonamides is 1. The normalized spacial score (nSPS) is 22.6. The summed E-state index contributed by atoms with van der Waals surface area (Å²) >= 11 is 0. The summed E-state index contributed by atoms with van der Waals surface area (Å²) in [6.07, 6.45) is 2.82. The molecule has 0 unspecified atom stereocenters. The number of amides is 1. The summed E-state index contributed by atoms with van der Waals surface area (Å²) in [5.41, 5.74) is 0.618. The van der Waals surface area contributed by atoms with Crippen molar-refractivity contribution in [2.45, 2.75) is 46.1 Å². The number of ether oxygens (including phenoxy) is 1. The van der Waals surface area contributed by atoms with E-state index in [0.717, 1.165) is 19.3 Å². The van der Waals surface area contributed by atoms with Gasteiger partial charge in [-0.15, -0.1) is 0 Å². The van der Waals surface area contributed by atoms with Gasteiger partial charge in [-0.25, -0.2) is 13.1 Å². The minimum absolute atomic E-state index is 0.0314. The Morgan fingerprint density at radius 1 is 1.23 bits per heavy atom. The quantitative estimate of drug-likeness (QED) is 0.759. The summed E-state index contributed by atoms with van der Waals surface area (Å²) < 4.78 is 32.5. The number of rotatable bonds is 7. The van der Waals surface area contributed by atoms with Crippen LogP contribution in [0.15, 0.2) is 24.3 Å². The Bertz CT molecular complexity index is 714. The molecule has 6 nitrogen and oxygen atoms in total. The van der Waals surface area contributed by atoms with Crippen LogP contribution in [0.4, 0.5) is 0 Å². The van der Waals surface area contributed by atoms with Crippen molar-refractivity contribution in [1.29, 1.82) is 0 Å². The van der Waals surface area contributed by atoms with Gasteiger partial charge in [0, 0.05) is 18.2 Å². The molecule has 1 amide bonds. The van der Waals surface area contributed by atoms with Crippen molar-refractivity contribution in [1.82, 2.24) is 10.0 Å². The van der Waals surface area contributed by atoms with Crippen LogP contribution in [0.5, 0.6) is 5.75 Å². The lowest BCUT2D eigenvalue weighted by Crippen LogP contribution is -2.45. The molecule has 26 heavy (non-hydrogen) atoms. The van der Waals surface area contributed by atoms with Gasteiger partial charge in [0.2, 0.25) is 10.0 Å². The topological polar surface area (TPSA) is 84.5 Å². The Kier molecular flexibility index (Phi) is 6.69. The molecule has 1 saturated carbocycles. The molecule has 0 heterocycles. The lowest BCUT2D eigenvalue weighted by molar-refractivity contribution is 0.0956. The fourth-order valence-corrected chi connectivity index (χ4v) is 5.07. The third kappa shape index (κ3) is 6.29. The predicted octanol–water partition coefficient (Wildman–Crippen LogP) is 2.56. The van der Waals surface area contributed by atoms with E-state index in [1.807, 2.05) is 0 Å². The predicted molar refractivity (Wildman–Crippen MR) is 103 cm³/mol. The number of carbonyl (C=O) groups excluding carboxylic acids is 1. The summed E-state index contributed by atoms with van der Waals surface area (Å²) in [5.74, 6) is 0.745. The number of benzene rings is 1. The van der Waals surface area contributed by atoms with Gasteiger partial charge in [-0.05, 0) is 54.9 Å². The lowest BCUT2D eigenvalue weighted by Gasteiger charge is -2.39. The zero-order chi connectivity index (χ0) is 19.4. The van der Waals surface area contributed by atoms with E-state index in [-0.39, 0.29) is 29.7 Å². The molecule has 0 bridgehead atoms. The minimum atomic E-state index is -3.43. The molecule has 1 aromatic rings. The van der Waals surface area contributed by atoms with Crippen LogP contribution >= 0.6 is 0 Å². The van der Waals surface area contributed by atoms with E-state index in [4.69, 9.17) is 4.74 Å². The van der Waals surface area contributed by atoms with Crippen molar-refractivity contribution >= 4 is 15.9 Å². The molecule has 2 N–H and O–H groups in total. The summed E-state index contributed by atoms with van der Waals surface area (Å²) in [4.78, 5) is 12.1. The second kappa shape index (κ2) is 8.39. The standard InChI is InChI=1S/C19H30N2O4S/c1-14-11-16(13-19(2,3)12-14)21-26(23,24)10-9-20-18(22)15-5-7-17(25-4)8-6-15/h5-8,14,16,21H,9-13H2,1-4H3,(H,20,22)/t14-,16-/m0/s1. The Hall–Kier alpha value is -1.60. The van der Waals surface area contributed by atoms with Crippen molar-refractivity contribution in [3.63, 3.8) is 0 Å². The SMILES string of the molecule is COc1ccc(C(=O)NCCS(=O)(=O)N[C@H]2C[C@H](C)CC(C)(C)C2)cc1. The van der Waals surface area contributed by atoms with Crippen molar-refractivity contribution in [3.8, 4) is 5.75 Å². The molecule has 1 aliphatic rings. The van der Waals surface area contributed by atoms with Crippen LogP contribution in [-0.4, -0.2) is 39.8 Å². The van der Waals surface area contributed by atoms with Crippen LogP contribution < -0.4 is 14.8 Å². The summed E-state index contributed by atoms with van der Waals surface area (Å²) in [6.45, 7) is 6.60. The van der Waals surface area contributed by atoms with Gasteiger partial charge >= 0.3 is 0 Å². The average Bonchev–Trinajstić information content (AvgIpc) is 2.52. The van der Waals surface area contributed by atoms with Gasteiger partial charge in [0.25, 0.3) is 5.91 Å². The molecule has 0 radical (unpaired) electrons. The third-order valence-corrected chi connectivity index (χ3v) is 6.18. The summed E-state index contributed by atoms with van der Waals surface area (Å²) in [5, 5.41) is 2.66. The number of methoxy groups -OCH3 is 1. The van der Waals surface area contributed by atoms with Crippen molar-refractivity contribution in [2.75, 3.05) is 19.4 Å². The maximum absolute atomic E-state index is 12.3. The molecule has 7 heteroatoms. The summed E-state index contributed by atoms with van der Waals surface area (Å²) in [6, 6.07) is 6.65. The molecule has 0 aromatic heterocycles. The van der Waals surface area contributed by atoms with Crippen molar-refractivity contribution in [2.24, 2.45) is 11.3 Å². The Labute approximate surface area is 156 Å². The first-order valence-corrected chi connectivity index (χ1v) is 10.7. The molecular formula is C19H30N2O4S. The fourth-order valence-electron chi connectivity index (χ4n) is 3.89. The third-order valence-electron chi connectivity index (χ3n) is 4.74. The second-order valence-electron chi connectivity index (χ2n) is 8.03. The molecule has 0 aliphatic heterocycles. The second-order valence-corrected chi connectivity index (χ2v) is 9.90. The minimum Gasteiger partial charge on any atom is -0.497 e. The van der Waals surface area contributed by atoms with E-state index in [2.05, 4.69) is 30.8 Å². The van der Waals surface area contributed by atoms with Crippen LogP contribution in [0.2, 0.25) is 0 Å². The molecular weight excluding hydrogens is 352 g/mol. The number of hydrogen-bond donors (Lipinski definition) is 2. The molecule has 146 valence electrons. The highest BCUT2D eigenvalue weighted by Crippen LogP contribution is 2.38. The maximum Gasteiger partial charge on any atom is 0.251 e. The van der Waals surface area contributed by atoms with Gasteiger partial charge in [-0.1, -0.05) is 20.8 Å². The van der Waals surface area contributed by atoms with Gasteiger partial charge in [0.05, 0.1) is 12.9 Å². The molecule has 1 aliphatic carbocycles. The van der Waals surface area contributed by atoms with E-state index in [1.54, 1.807) is 31.4 Å². The largest absolute Gasteiger partial charge is 0.497 e. The monoisotopic (exact) mass is 382 g/mol. The van der Waals surface area contributed by atoms with Crippen LogP contribution in [0.25, 0.3) is 0 Å². The van der Waals surface area contributed by atoms with Crippen LogP contribution in [0.1, 0.15) is 50.4 Å². The highest BCUT2D eigenvalue weighted by Gasteiger charge is 2.33. The number of nitrogens with one attached hydrogen (secondary N) is 2. The van der Waals surface area contributed by atoms with E-state index in [9.17, 15) is 13.2 Å². The van der Waals surface area contributed by atoms with Gasteiger partial charge < -0.3 is 10.1 Å². The Balaban J connectivity index is 1.82. The van der Waals surface area contributed by atoms with Gasteiger partial charge in [0.1, 0.15) is 5.75 Å². The van der Waals surface area contributed by atoms with Crippen LogP contribution in [-0.2, 0) is 10.0 Å². The molecule has 1 fully saturated rings. The first-order chi connectivity index (χ1) is 12.1. The molecule has 1 aromatic carbocycles. The zero-order valence-corrected chi connectivity index (χ0v) is 16.9. The molecule has 0 saturated heterocycles. The van der Waals surface area contributed by atoms with Gasteiger partial charge in [-0.2, -0.15) is 0 Å². The maximum atomic E-state index is 12.3. The number of carbonyl (C=O) groups is 1. The van der Waals surface area contributed by atoms with E-state index in [0.29, 0.717) is 17.2 Å². The van der Waals surface area contributed by atoms with Crippen molar-refractivity contribution < 1.29 is 17.9 Å². The van der Waals surface area contributed by atoms with Gasteiger partial charge in [-0.3, -0.25) is 4.79 Å². The Morgan fingerprint density at radius 3 is 2.46 bits per heavy atom. The van der Waals surface area contributed by atoms with E-state index >= 15 is 0 Å². The van der Waals surface area contributed by atoms with Crippen molar-refractivity contribution in [3.05, 3.63) is 29.8 Å². The zero-order valence-electron chi connectivity index (χ0n) is 16.0. The smallest absolute Gasteiger partial charge is 0.251 e. The molecule has 0 spiro atoms. The summed E-state index contributed by atoms with van der Waals surface area (Å²) in [7, 11) is -1.87. The van der Waals surface area contributed by atoms with Crippen LogP contribution in [0, 0.1) is 11.3 Å². The Morgan fingerprint density at radius 2 is 1.88 bits per heavy atom. The average molecular weight is 383 g/mol. The fraction of sp³-hybridized carbons (Fsp3) is 0.632. The highest BCUT2D eigenvalue weighted by atomic mass is 32.2. The number of hydrogen-bond acceptors (Lipinski definition) is 4. The van der Waals surface area contributed by atoms with Crippen LogP contribution in [0.3, 0.4) is 0 Å². The van der Waals surface area contributed by atoms with Gasteiger partial charge in [0.15, 0.2) is 0 Å². The van der Waals surface area contributed by atoms with E-state index in [1.165, 1.54) is 0 Å². The molecule has 2 rings (SSSR count). The first-order valence-electron chi connectivity index (χ1n) is 9.02. The van der Waals surface area contributed by atoms with E-state index < -0.39 is 10.0 Å².